The zero-order valence-corrected chi connectivity index (χ0v) is 30.3. The van der Waals surface area contributed by atoms with Crippen LogP contribution in [0.1, 0.15) is 0 Å². The molecule has 0 N–H and O–H groups in total. The van der Waals surface area contributed by atoms with Crippen LogP contribution in [-0.4, -0.2) is 19.9 Å². The molecule has 0 atom stereocenters. The van der Waals surface area contributed by atoms with Crippen LogP contribution >= 0.6 is 11.3 Å². The molecule has 3 aromatic heterocycles. The van der Waals surface area contributed by atoms with E-state index >= 15 is 0 Å². The largest absolute Gasteiger partial charge is 0.247 e. The van der Waals surface area contributed by atoms with Crippen molar-refractivity contribution in [2.24, 2.45) is 0 Å². The van der Waals surface area contributed by atoms with E-state index in [1.54, 1.807) is 0 Å². The van der Waals surface area contributed by atoms with Crippen LogP contribution < -0.4 is 0 Å². The van der Waals surface area contributed by atoms with Gasteiger partial charge in [0.1, 0.15) is 0 Å². The fourth-order valence-corrected chi connectivity index (χ4v) is 9.07. The fraction of sp³-hybridized carbons (Fsp3) is 0. The fourth-order valence-electron chi connectivity index (χ4n) is 7.84. The molecule has 0 aliphatic carbocycles. The van der Waals surface area contributed by atoms with Gasteiger partial charge in [0.05, 0.1) is 11.2 Å². The number of benzene rings is 8. The SMILES string of the molecule is c1ccc(-c2nc(-c3ccccc3)nc(-c3ccc(-c4ccc5c(c4)nc(-c4cc6ccccc6c6ccccc46)c4c6ccccc6sc54)cc3)n2)cc1. The Kier molecular flexibility index (Phi) is 7.32. The topological polar surface area (TPSA) is 51.6 Å². The molecule has 0 radical (unpaired) electrons. The van der Waals surface area contributed by atoms with E-state index in [4.69, 9.17) is 19.9 Å². The third-order valence-electron chi connectivity index (χ3n) is 10.5. The van der Waals surface area contributed by atoms with Gasteiger partial charge >= 0.3 is 0 Å². The van der Waals surface area contributed by atoms with E-state index in [-0.39, 0.29) is 0 Å². The second-order valence-electron chi connectivity index (χ2n) is 13.8. The molecular weight excluding hydrogens is 689 g/mol. The number of rotatable bonds is 5. The highest BCUT2D eigenvalue weighted by Gasteiger charge is 2.19. The monoisotopic (exact) mass is 718 g/mol. The lowest BCUT2D eigenvalue weighted by molar-refractivity contribution is 1.07. The van der Waals surface area contributed by atoms with Crippen LogP contribution in [0.25, 0.3) is 109 Å². The van der Waals surface area contributed by atoms with E-state index in [0.717, 1.165) is 50.0 Å². The van der Waals surface area contributed by atoms with Crippen molar-refractivity contribution in [2.45, 2.75) is 0 Å². The molecule has 0 saturated heterocycles. The van der Waals surface area contributed by atoms with Crippen molar-refractivity contribution in [3.05, 3.63) is 182 Å². The highest BCUT2D eigenvalue weighted by atomic mass is 32.1. The van der Waals surface area contributed by atoms with Gasteiger partial charge in [-0.2, -0.15) is 0 Å². The molecule has 4 nitrogen and oxygen atoms in total. The van der Waals surface area contributed by atoms with Gasteiger partial charge < -0.3 is 0 Å². The summed E-state index contributed by atoms with van der Waals surface area (Å²) in [6.45, 7) is 0. The van der Waals surface area contributed by atoms with Crippen molar-refractivity contribution in [1.82, 2.24) is 19.9 Å². The molecule has 0 saturated carbocycles. The maximum atomic E-state index is 5.56. The van der Waals surface area contributed by atoms with E-state index in [1.165, 1.54) is 41.7 Å². The first-order chi connectivity index (χ1) is 27.2. The minimum absolute atomic E-state index is 0.638. The standard InChI is InChI=1S/C50H30N4S/c1-3-13-32(14-4-1)48-52-49(33-15-5-2-6-16-33)54-50(53-48)34-25-23-31(24-26-34)35-27-28-40-43(30-35)51-46(45-41-21-11-12-22-44(41)55-47(40)45)42-29-36-17-7-8-18-37(36)38-19-9-10-20-39(38)42/h1-30H. The second kappa shape index (κ2) is 12.8. The van der Waals surface area contributed by atoms with Crippen LogP contribution in [-0.2, 0) is 0 Å². The predicted molar refractivity (Wildman–Crippen MR) is 230 cm³/mol. The van der Waals surface area contributed by atoms with Crippen LogP contribution in [0.4, 0.5) is 0 Å². The lowest BCUT2D eigenvalue weighted by atomic mass is 9.93. The van der Waals surface area contributed by atoms with Crippen LogP contribution in [0.15, 0.2) is 182 Å². The molecule has 11 rings (SSSR count). The van der Waals surface area contributed by atoms with Gasteiger partial charge in [-0.25, -0.2) is 19.9 Å². The number of hydrogen-bond acceptors (Lipinski definition) is 5. The maximum Gasteiger partial charge on any atom is 0.164 e. The minimum Gasteiger partial charge on any atom is -0.247 e. The lowest BCUT2D eigenvalue weighted by Gasteiger charge is -2.14. The Morgan fingerprint density at radius 2 is 0.873 bits per heavy atom. The van der Waals surface area contributed by atoms with Crippen LogP contribution in [0, 0.1) is 0 Å². The van der Waals surface area contributed by atoms with Crippen molar-refractivity contribution in [3.8, 4) is 56.5 Å². The molecule has 0 bridgehead atoms. The van der Waals surface area contributed by atoms with Gasteiger partial charge in [-0.05, 0) is 50.9 Å². The van der Waals surface area contributed by atoms with E-state index in [9.17, 15) is 0 Å². The molecule has 0 spiro atoms. The summed E-state index contributed by atoms with van der Waals surface area (Å²) in [5.74, 6) is 1.94. The van der Waals surface area contributed by atoms with Gasteiger partial charge in [0, 0.05) is 47.8 Å². The summed E-state index contributed by atoms with van der Waals surface area (Å²) in [4.78, 5) is 20.3. The number of aromatic nitrogens is 4. The maximum absolute atomic E-state index is 5.56. The molecule has 11 aromatic rings. The summed E-state index contributed by atoms with van der Waals surface area (Å²) in [7, 11) is 0. The van der Waals surface area contributed by atoms with E-state index in [2.05, 4.69) is 121 Å². The second-order valence-corrected chi connectivity index (χ2v) is 14.9. The number of thiophene rings is 1. The Morgan fingerprint density at radius 1 is 0.345 bits per heavy atom. The van der Waals surface area contributed by atoms with Gasteiger partial charge in [0.15, 0.2) is 17.5 Å². The van der Waals surface area contributed by atoms with Crippen LogP contribution in [0.3, 0.4) is 0 Å². The molecule has 0 amide bonds. The summed E-state index contributed by atoms with van der Waals surface area (Å²) >= 11 is 1.85. The van der Waals surface area contributed by atoms with E-state index in [0.29, 0.717) is 17.5 Å². The first-order valence-corrected chi connectivity index (χ1v) is 19.2. The van der Waals surface area contributed by atoms with Gasteiger partial charge in [-0.15, -0.1) is 11.3 Å². The van der Waals surface area contributed by atoms with Gasteiger partial charge in [-0.1, -0.05) is 164 Å². The molecule has 0 unspecified atom stereocenters. The number of pyridine rings is 1. The van der Waals surface area contributed by atoms with Gasteiger partial charge in [-0.3, -0.25) is 0 Å². The predicted octanol–water partition coefficient (Wildman–Crippen LogP) is 13.4. The molecule has 5 heteroatoms. The molecule has 256 valence electrons. The van der Waals surface area contributed by atoms with Crippen molar-refractivity contribution in [2.75, 3.05) is 0 Å². The molecule has 0 aliphatic heterocycles. The molecule has 3 heterocycles. The molecule has 0 aliphatic rings. The normalized spacial score (nSPS) is 11.6. The van der Waals surface area contributed by atoms with E-state index in [1.807, 2.05) is 72.0 Å². The number of hydrogen-bond donors (Lipinski definition) is 0. The van der Waals surface area contributed by atoms with Crippen molar-refractivity contribution in [1.29, 1.82) is 0 Å². The Morgan fingerprint density at radius 3 is 1.56 bits per heavy atom. The zero-order valence-electron chi connectivity index (χ0n) is 29.5. The third-order valence-corrected chi connectivity index (χ3v) is 11.7. The van der Waals surface area contributed by atoms with Crippen LogP contribution in [0.5, 0.6) is 0 Å². The highest BCUT2D eigenvalue weighted by molar-refractivity contribution is 7.26. The van der Waals surface area contributed by atoms with Gasteiger partial charge in [0.2, 0.25) is 0 Å². The van der Waals surface area contributed by atoms with Crippen molar-refractivity contribution >= 4 is 64.0 Å². The Bertz CT molecular complexity index is 3190. The average molecular weight is 719 g/mol. The Labute approximate surface area is 321 Å². The van der Waals surface area contributed by atoms with Crippen molar-refractivity contribution in [3.63, 3.8) is 0 Å². The molecular formula is C50H30N4S. The summed E-state index contributed by atoms with van der Waals surface area (Å²) in [6.07, 6.45) is 0. The minimum atomic E-state index is 0.638. The quantitative estimate of drug-likeness (QED) is 0.166. The van der Waals surface area contributed by atoms with Crippen molar-refractivity contribution < 1.29 is 0 Å². The number of nitrogens with zero attached hydrogens (tertiary/aromatic N) is 4. The van der Waals surface area contributed by atoms with E-state index < -0.39 is 0 Å². The molecule has 0 fully saturated rings. The number of fused-ring (bicyclic) bond motifs is 8. The molecule has 55 heavy (non-hydrogen) atoms. The summed E-state index contributed by atoms with van der Waals surface area (Å²) in [6, 6.07) is 63.8. The summed E-state index contributed by atoms with van der Waals surface area (Å²) in [5, 5.41) is 8.54. The van der Waals surface area contributed by atoms with Crippen LogP contribution in [0.2, 0.25) is 0 Å². The lowest BCUT2D eigenvalue weighted by Crippen LogP contribution is -2.00. The first kappa shape index (κ1) is 31.4. The first-order valence-electron chi connectivity index (χ1n) is 18.4. The Balaban J connectivity index is 1.06. The third kappa shape index (κ3) is 5.36. The smallest absolute Gasteiger partial charge is 0.164 e. The average Bonchev–Trinajstić information content (AvgIpc) is 3.66. The summed E-state index contributed by atoms with van der Waals surface area (Å²) < 4.78 is 2.53. The summed E-state index contributed by atoms with van der Waals surface area (Å²) in [5.41, 5.74) is 8.19. The Hall–Kier alpha value is -7.08. The molecule has 8 aromatic carbocycles. The highest BCUT2D eigenvalue weighted by Crippen LogP contribution is 2.45. The zero-order chi connectivity index (χ0) is 36.3. The van der Waals surface area contributed by atoms with Gasteiger partial charge in [0.25, 0.3) is 0 Å².